The number of hydrogen-bond acceptors (Lipinski definition) is 3. The van der Waals surface area contributed by atoms with Crippen molar-refractivity contribution in [2.24, 2.45) is 18.3 Å². The normalized spacial score (nSPS) is 14.0. The minimum atomic E-state index is 0.187. The largest absolute Gasteiger partial charge is 0.271 e. The number of hydrogen-bond donors (Lipinski definition) is 2. The van der Waals surface area contributed by atoms with Crippen molar-refractivity contribution in [1.82, 2.24) is 15.2 Å². The molecule has 17 heavy (non-hydrogen) atoms. The lowest BCUT2D eigenvalue weighted by Crippen LogP contribution is -2.30. The molecule has 3 N–H and O–H groups in total. The van der Waals surface area contributed by atoms with Crippen LogP contribution in [-0.2, 0) is 13.5 Å². The molecule has 0 radical (unpaired) electrons. The smallest absolute Gasteiger partial charge is 0.0629 e. The molecule has 4 heteroatoms. The van der Waals surface area contributed by atoms with Gasteiger partial charge in [-0.15, -0.1) is 0 Å². The summed E-state index contributed by atoms with van der Waals surface area (Å²) in [5, 5.41) is 4.46. The van der Waals surface area contributed by atoms with Gasteiger partial charge in [-0.2, -0.15) is 5.10 Å². The van der Waals surface area contributed by atoms with Crippen LogP contribution in [0.1, 0.15) is 58.0 Å². The Balaban J connectivity index is 2.75. The number of rotatable bonds is 5. The van der Waals surface area contributed by atoms with E-state index in [-0.39, 0.29) is 6.04 Å². The van der Waals surface area contributed by atoms with Crippen molar-refractivity contribution >= 4 is 0 Å². The van der Waals surface area contributed by atoms with Crippen LogP contribution in [-0.4, -0.2) is 9.78 Å². The zero-order valence-electron chi connectivity index (χ0n) is 11.7. The number of aryl methyl sites for hydroxylation is 2. The summed E-state index contributed by atoms with van der Waals surface area (Å²) in [5.41, 5.74) is 5.54. The molecule has 1 unspecified atom stereocenters. The first-order valence-electron chi connectivity index (χ1n) is 6.36. The first-order valence-corrected chi connectivity index (χ1v) is 6.36. The molecule has 4 nitrogen and oxygen atoms in total. The zero-order chi connectivity index (χ0) is 13.1. The summed E-state index contributed by atoms with van der Waals surface area (Å²) >= 11 is 0. The van der Waals surface area contributed by atoms with Gasteiger partial charge in [-0.25, -0.2) is 0 Å². The molecule has 0 saturated heterocycles. The highest BCUT2D eigenvalue weighted by Crippen LogP contribution is 2.27. The molecule has 0 bridgehead atoms. The number of hydrazine groups is 1. The monoisotopic (exact) mass is 238 g/mol. The second kappa shape index (κ2) is 5.65. The molecule has 0 aliphatic rings. The van der Waals surface area contributed by atoms with Crippen LogP contribution < -0.4 is 11.3 Å². The Morgan fingerprint density at radius 1 is 1.47 bits per heavy atom. The van der Waals surface area contributed by atoms with Gasteiger partial charge in [0.15, 0.2) is 0 Å². The van der Waals surface area contributed by atoms with Gasteiger partial charge in [0.05, 0.1) is 17.4 Å². The van der Waals surface area contributed by atoms with E-state index in [1.165, 1.54) is 5.69 Å². The van der Waals surface area contributed by atoms with Crippen molar-refractivity contribution < 1.29 is 0 Å². The predicted molar refractivity (Wildman–Crippen MR) is 71.3 cm³/mol. The quantitative estimate of drug-likeness (QED) is 0.611. The summed E-state index contributed by atoms with van der Waals surface area (Å²) in [6.07, 6.45) is 3.13. The summed E-state index contributed by atoms with van der Waals surface area (Å²) in [4.78, 5) is 0. The predicted octanol–water partition coefficient (Wildman–Crippen LogP) is 2.31. The Hall–Kier alpha value is -0.870. The van der Waals surface area contributed by atoms with Gasteiger partial charge in [0.2, 0.25) is 0 Å². The standard InChI is InChI=1S/C13H26N4/c1-6-10-9-12(17(5)16-10)11(15-14)7-8-13(2,3)4/h9,11,15H,6-8,14H2,1-5H3. The summed E-state index contributed by atoms with van der Waals surface area (Å²) in [6.45, 7) is 8.87. The average Bonchev–Trinajstić information content (AvgIpc) is 2.60. The second-order valence-electron chi connectivity index (χ2n) is 5.86. The molecule has 1 rings (SSSR count). The highest BCUT2D eigenvalue weighted by atomic mass is 15.3. The van der Waals surface area contributed by atoms with E-state index in [4.69, 9.17) is 5.84 Å². The Labute approximate surface area is 105 Å². The lowest BCUT2D eigenvalue weighted by Gasteiger charge is -2.22. The van der Waals surface area contributed by atoms with Crippen LogP contribution in [0, 0.1) is 5.41 Å². The molecule has 1 aromatic rings. The van der Waals surface area contributed by atoms with Crippen LogP contribution in [0.15, 0.2) is 6.07 Å². The fourth-order valence-electron chi connectivity index (χ4n) is 1.94. The Kier molecular flexibility index (Phi) is 4.71. The molecule has 0 aliphatic heterocycles. The van der Waals surface area contributed by atoms with Crippen LogP contribution in [0.2, 0.25) is 0 Å². The van der Waals surface area contributed by atoms with E-state index in [9.17, 15) is 0 Å². The third-order valence-corrected chi connectivity index (χ3v) is 3.07. The maximum absolute atomic E-state index is 5.66. The fraction of sp³-hybridized carbons (Fsp3) is 0.769. The molecule has 0 saturated carbocycles. The van der Waals surface area contributed by atoms with Crippen LogP contribution in [0.4, 0.5) is 0 Å². The number of aromatic nitrogens is 2. The maximum atomic E-state index is 5.66. The SMILES string of the molecule is CCc1cc(C(CCC(C)(C)C)NN)n(C)n1. The molecule has 0 aromatic carbocycles. The molecular weight excluding hydrogens is 212 g/mol. The van der Waals surface area contributed by atoms with Crippen LogP contribution >= 0.6 is 0 Å². The van der Waals surface area contributed by atoms with Gasteiger partial charge in [0.25, 0.3) is 0 Å². The van der Waals surface area contributed by atoms with Gasteiger partial charge >= 0.3 is 0 Å². The lowest BCUT2D eigenvalue weighted by molar-refractivity contribution is 0.328. The third kappa shape index (κ3) is 4.13. The first kappa shape index (κ1) is 14.2. The van der Waals surface area contributed by atoms with Crippen molar-refractivity contribution in [3.05, 3.63) is 17.5 Å². The van der Waals surface area contributed by atoms with E-state index >= 15 is 0 Å². The minimum absolute atomic E-state index is 0.187. The average molecular weight is 238 g/mol. The van der Waals surface area contributed by atoms with E-state index in [0.29, 0.717) is 5.41 Å². The molecule has 0 spiro atoms. The fourth-order valence-corrected chi connectivity index (χ4v) is 1.94. The molecular formula is C13H26N4. The lowest BCUT2D eigenvalue weighted by atomic mass is 9.88. The van der Waals surface area contributed by atoms with E-state index < -0.39 is 0 Å². The molecule has 0 aliphatic carbocycles. The number of nitrogens with one attached hydrogen (secondary N) is 1. The highest BCUT2D eigenvalue weighted by molar-refractivity contribution is 5.14. The van der Waals surface area contributed by atoms with Gasteiger partial charge in [-0.1, -0.05) is 27.7 Å². The summed E-state index contributed by atoms with van der Waals surface area (Å²) in [5.74, 6) is 5.66. The van der Waals surface area contributed by atoms with E-state index in [1.807, 2.05) is 11.7 Å². The number of nitrogens with two attached hydrogens (primary N) is 1. The zero-order valence-corrected chi connectivity index (χ0v) is 11.7. The molecule has 0 fully saturated rings. The van der Waals surface area contributed by atoms with Gasteiger partial charge in [-0.3, -0.25) is 16.0 Å². The Morgan fingerprint density at radius 3 is 2.53 bits per heavy atom. The summed E-state index contributed by atoms with van der Waals surface area (Å²) < 4.78 is 1.94. The van der Waals surface area contributed by atoms with E-state index in [1.54, 1.807) is 0 Å². The van der Waals surface area contributed by atoms with Crippen LogP contribution in [0.25, 0.3) is 0 Å². The molecule has 0 amide bonds. The van der Waals surface area contributed by atoms with Crippen molar-refractivity contribution in [3.63, 3.8) is 0 Å². The molecule has 1 aromatic heterocycles. The van der Waals surface area contributed by atoms with Crippen LogP contribution in [0.5, 0.6) is 0 Å². The van der Waals surface area contributed by atoms with Gasteiger partial charge in [-0.05, 0) is 30.7 Å². The second-order valence-corrected chi connectivity index (χ2v) is 5.86. The topological polar surface area (TPSA) is 55.9 Å². The summed E-state index contributed by atoms with van der Waals surface area (Å²) in [6, 6.07) is 2.33. The molecule has 1 heterocycles. The Bertz CT molecular complexity index is 349. The Morgan fingerprint density at radius 2 is 2.12 bits per heavy atom. The van der Waals surface area contributed by atoms with Crippen molar-refractivity contribution in [2.75, 3.05) is 0 Å². The van der Waals surface area contributed by atoms with Crippen LogP contribution in [0.3, 0.4) is 0 Å². The summed E-state index contributed by atoms with van der Waals surface area (Å²) in [7, 11) is 1.98. The van der Waals surface area contributed by atoms with E-state index in [0.717, 1.165) is 25.0 Å². The van der Waals surface area contributed by atoms with E-state index in [2.05, 4.69) is 44.3 Å². The first-order chi connectivity index (χ1) is 7.87. The van der Waals surface area contributed by atoms with Gasteiger partial charge in [0, 0.05) is 7.05 Å². The van der Waals surface area contributed by atoms with Crippen molar-refractivity contribution in [1.29, 1.82) is 0 Å². The van der Waals surface area contributed by atoms with Crippen molar-refractivity contribution in [2.45, 2.75) is 53.0 Å². The van der Waals surface area contributed by atoms with Crippen molar-refractivity contribution in [3.8, 4) is 0 Å². The molecule has 1 atom stereocenters. The minimum Gasteiger partial charge on any atom is -0.271 e. The maximum Gasteiger partial charge on any atom is 0.0629 e. The van der Waals surface area contributed by atoms with Gasteiger partial charge < -0.3 is 0 Å². The number of nitrogens with zero attached hydrogens (tertiary/aromatic N) is 2. The molecule has 98 valence electrons. The third-order valence-electron chi connectivity index (χ3n) is 3.07. The highest BCUT2D eigenvalue weighted by Gasteiger charge is 2.18. The van der Waals surface area contributed by atoms with Gasteiger partial charge in [0.1, 0.15) is 0 Å².